The first-order valence-electron chi connectivity index (χ1n) is 4.07. The fourth-order valence-corrected chi connectivity index (χ4v) is 0.955. The second kappa shape index (κ2) is 4.04. The number of carbonyl (C=O) groups is 1. The fraction of sp³-hybridized carbons (Fsp3) is 0.444. The molecule has 0 spiro atoms. The molecule has 0 fully saturated rings. The molecule has 1 aromatic rings. The molecule has 76 valence electrons. The summed E-state index contributed by atoms with van der Waals surface area (Å²) in [4.78, 5) is 19.4. The zero-order valence-corrected chi connectivity index (χ0v) is 8.62. The molecule has 0 bridgehead atoms. The number of aromatic nitrogens is 2. The molecule has 0 aromatic carbocycles. The SMILES string of the molecule is COC(=O)c1nc(C)c(C)nc1OC. The third-order valence-corrected chi connectivity index (χ3v) is 1.85. The third kappa shape index (κ3) is 1.81. The maximum atomic E-state index is 11.3. The second-order valence-corrected chi connectivity index (χ2v) is 2.74. The number of methoxy groups -OCH3 is 2. The molecule has 0 aliphatic carbocycles. The van der Waals surface area contributed by atoms with Gasteiger partial charge in [0.2, 0.25) is 11.6 Å². The Hall–Kier alpha value is -1.65. The van der Waals surface area contributed by atoms with Gasteiger partial charge in [-0.25, -0.2) is 14.8 Å². The van der Waals surface area contributed by atoms with Crippen molar-refractivity contribution >= 4 is 5.97 Å². The summed E-state index contributed by atoms with van der Waals surface area (Å²) < 4.78 is 9.48. The number of rotatable bonds is 2. The van der Waals surface area contributed by atoms with Crippen LogP contribution in [0.1, 0.15) is 21.9 Å². The summed E-state index contributed by atoms with van der Waals surface area (Å²) in [5.41, 5.74) is 1.53. The molecule has 0 aliphatic rings. The average molecular weight is 196 g/mol. The van der Waals surface area contributed by atoms with E-state index in [1.165, 1.54) is 14.2 Å². The first kappa shape index (κ1) is 10.4. The molecule has 14 heavy (non-hydrogen) atoms. The number of nitrogens with zero attached hydrogens (tertiary/aromatic N) is 2. The van der Waals surface area contributed by atoms with Crippen molar-refractivity contribution in [1.82, 2.24) is 9.97 Å². The maximum absolute atomic E-state index is 11.3. The molecular formula is C9H12N2O3. The Morgan fingerprint density at radius 1 is 1.14 bits per heavy atom. The van der Waals surface area contributed by atoms with Crippen LogP contribution in [0.25, 0.3) is 0 Å². The van der Waals surface area contributed by atoms with E-state index in [-0.39, 0.29) is 11.6 Å². The highest BCUT2D eigenvalue weighted by atomic mass is 16.5. The summed E-state index contributed by atoms with van der Waals surface area (Å²) in [5, 5.41) is 0. The minimum Gasteiger partial charge on any atom is -0.479 e. The van der Waals surface area contributed by atoms with Crippen molar-refractivity contribution in [3.8, 4) is 5.88 Å². The molecule has 1 aromatic heterocycles. The standard InChI is InChI=1S/C9H12N2O3/c1-5-6(2)11-8(13-3)7(10-5)9(12)14-4/h1-4H3. The molecule has 0 atom stereocenters. The zero-order valence-electron chi connectivity index (χ0n) is 8.62. The van der Waals surface area contributed by atoms with Crippen molar-refractivity contribution in [2.75, 3.05) is 14.2 Å². The van der Waals surface area contributed by atoms with Gasteiger partial charge in [-0.2, -0.15) is 0 Å². The molecular weight excluding hydrogens is 184 g/mol. The highest BCUT2D eigenvalue weighted by Crippen LogP contribution is 2.15. The van der Waals surface area contributed by atoms with Crippen molar-refractivity contribution in [3.05, 3.63) is 17.1 Å². The number of ether oxygens (including phenoxy) is 2. The predicted octanol–water partition coefficient (Wildman–Crippen LogP) is 0.889. The van der Waals surface area contributed by atoms with Crippen LogP contribution in [0.5, 0.6) is 5.88 Å². The van der Waals surface area contributed by atoms with Gasteiger partial charge in [-0.15, -0.1) is 0 Å². The maximum Gasteiger partial charge on any atom is 0.362 e. The van der Waals surface area contributed by atoms with Crippen LogP contribution in [0.15, 0.2) is 0 Å². The number of esters is 1. The van der Waals surface area contributed by atoms with Gasteiger partial charge < -0.3 is 9.47 Å². The Morgan fingerprint density at radius 2 is 1.71 bits per heavy atom. The Bertz CT molecular complexity index is 363. The highest BCUT2D eigenvalue weighted by molar-refractivity contribution is 5.89. The van der Waals surface area contributed by atoms with Gasteiger partial charge in [0.25, 0.3) is 0 Å². The van der Waals surface area contributed by atoms with Crippen LogP contribution in [0.4, 0.5) is 0 Å². The van der Waals surface area contributed by atoms with Crippen molar-refractivity contribution < 1.29 is 14.3 Å². The molecule has 1 rings (SSSR count). The van der Waals surface area contributed by atoms with Crippen molar-refractivity contribution in [1.29, 1.82) is 0 Å². The van der Waals surface area contributed by atoms with Crippen LogP contribution in [0, 0.1) is 13.8 Å². The van der Waals surface area contributed by atoms with Crippen LogP contribution in [-0.4, -0.2) is 30.2 Å². The van der Waals surface area contributed by atoms with Gasteiger partial charge in [0.1, 0.15) is 0 Å². The van der Waals surface area contributed by atoms with Crippen LogP contribution in [0.3, 0.4) is 0 Å². The monoisotopic (exact) mass is 196 g/mol. The first-order valence-corrected chi connectivity index (χ1v) is 4.07. The summed E-state index contributed by atoms with van der Waals surface area (Å²) in [6.45, 7) is 3.57. The van der Waals surface area contributed by atoms with Gasteiger partial charge in [0.15, 0.2) is 0 Å². The second-order valence-electron chi connectivity index (χ2n) is 2.74. The van der Waals surface area contributed by atoms with E-state index in [0.29, 0.717) is 5.69 Å². The van der Waals surface area contributed by atoms with Crippen LogP contribution >= 0.6 is 0 Å². The highest BCUT2D eigenvalue weighted by Gasteiger charge is 2.17. The quantitative estimate of drug-likeness (QED) is 0.657. The van der Waals surface area contributed by atoms with Gasteiger partial charge in [-0.05, 0) is 13.8 Å². The lowest BCUT2D eigenvalue weighted by Gasteiger charge is -2.07. The van der Waals surface area contributed by atoms with E-state index in [2.05, 4.69) is 14.7 Å². The Morgan fingerprint density at radius 3 is 2.21 bits per heavy atom. The summed E-state index contributed by atoms with van der Waals surface area (Å²) in [5.74, 6) is -0.350. The molecule has 0 unspecified atom stereocenters. The lowest BCUT2D eigenvalue weighted by Crippen LogP contribution is -2.10. The number of hydrogen-bond acceptors (Lipinski definition) is 5. The normalized spacial score (nSPS) is 9.71. The molecule has 0 amide bonds. The lowest BCUT2D eigenvalue weighted by atomic mass is 10.3. The van der Waals surface area contributed by atoms with Gasteiger partial charge >= 0.3 is 5.97 Å². The van der Waals surface area contributed by atoms with E-state index in [4.69, 9.17) is 4.74 Å². The fourth-order valence-electron chi connectivity index (χ4n) is 0.955. The van der Waals surface area contributed by atoms with Crippen molar-refractivity contribution in [3.63, 3.8) is 0 Å². The molecule has 5 heteroatoms. The van der Waals surface area contributed by atoms with Gasteiger partial charge in [0, 0.05) is 0 Å². The molecule has 0 saturated carbocycles. The van der Waals surface area contributed by atoms with E-state index in [9.17, 15) is 4.79 Å². The van der Waals surface area contributed by atoms with Crippen LogP contribution in [0.2, 0.25) is 0 Å². The Labute approximate surface area is 82.1 Å². The summed E-state index contributed by atoms with van der Waals surface area (Å²) >= 11 is 0. The van der Waals surface area contributed by atoms with Crippen molar-refractivity contribution in [2.45, 2.75) is 13.8 Å². The van der Waals surface area contributed by atoms with Crippen LogP contribution in [-0.2, 0) is 4.74 Å². The van der Waals surface area contributed by atoms with Gasteiger partial charge in [-0.3, -0.25) is 0 Å². The molecule has 5 nitrogen and oxygen atoms in total. The van der Waals surface area contributed by atoms with Crippen molar-refractivity contribution in [2.24, 2.45) is 0 Å². The van der Waals surface area contributed by atoms with E-state index in [1.807, 2.05) is 0 Å². The topological polar surface area (TPSA) is 61.3 Å². The molecule has 0 N–H and O–H groups in total. The molecule has 1 heterocycles. The number of hydrogen-bond donors (Lipinski definition) is 0. The number of aryl methyl sites for hydroxylation is 2. The van der Waals surface area contributed by atoms with E-state index in [1.54, 1.807) is 13.8 Å². The largest absolute Gasteiger partial charge is 0.479 e. The van der Waals surface area contributed by atoms with E-state index >= 15 is 0 Å². The summed E-state index contributed by atoms with van der Waals surface area (Å²) in [6.07, 6.45) is 0. The van der Waals surface area contributed by atoms with E-state index in [0.717, 1.165) is 5.69 Å². The lowest BCUT2D eigenvalue weighted by molar-refractivity contribution is 0.0588. The minimum atomic E-state index is -0.544. The first-order chi connectivity index (χ1) is 6.60. The predicted molar refractivity (Wildman–Crippen MR) is 49.4 cm³/mol. The molecule has 0 saturated heterocycles. The van der Waals surface area contributed by atoms with Gasteiger partial charge in [-0.1, -0.05) is 0 Å². The smallest absolute Gasteiger partial charge is 0.362 e. The number of carbonyl (C=O) groups excluding carboxylic acids is 1. The summed E-state index contributed by atoms with van der Waals surface area (Å²) in [6, 6.07) is 0. The molecule has 0 radical (unpaired) electrons. The van der Waals surface area contributed by atoms with Gasteiger partial charge in [0.05, 0.1) is 25.6 Å². The Kier molecular flexibility index (Phi) is 3.01. The summed E-state index contributed by atoms with van der Waals surface area (Å²) in [7, 11) is 2.73. The van der Waals surface area contributed by atoms with E-state index < -0.39 is 5.97 Å². The zero-order chi connectivity index (χ0) is 10.7. The average Bonchev–Trinajstić information content (AvgIpc) is 2.20. The molecule has 0 aliphatic heterocycles. The minimum absolute atomic E-state index is 0.109. The Balaban J connectivity index is 3.27. The third-order valence-electron chi connectivity index (χ3n) is 1.85. The van der Waals surface area contributed by atoms with Crippen LogP contribution < -0.4 is 4.74 Å².